The second-order valence-electron chi connectivity index (χ2n) is 16.2. The summed E-state index contributed by atoms with van der Waals surface area (Å²) in [4.78, 5) is 36.7. The van der Waals surface area contributed by atoms with Gasteiger partial charge in [-0.2, -0.15) is 0 Å². The second kappa shape index (κ2) is 28.7. The van der Waals surface area contributed by atoms with Crippen molar-refractivity contribution in [3.8, 4) is 0 Å². The van der Waals surface area contributed by atoms with Crippen LogP contribution in [0.1, 0.15) is 147 Å². The topological polar surface area (TPSA) is 171 Å². The highest BCUT2D eigenvalue weighted by Crippen LogP contribution is 2.24. The zero-order valence-corrected chi connectivity index (χ0v) is 39.2. The monoisotopic (exact) mass is 876 g/mol. The van der Waals surface area contributed by atoms with Gasteiger partial charge in [0, 0.05) is 19.3 Å². The number of fused-ring (bicyclic) bond motifs is 2. The summed E-state index contributed by atoms with van der Waals surface area (Å²) < 4.78 is 38.4. The Hall–Kier alpha value is -3.90. The third kappa shape index (κ3) is 26.9. The van der Waals surface area contributed by atoms with E-state index < -0.39 is 59.3 Å². The highest BCUT2D eigenvalue weighted by molar-refractivity contribution is 7.35. The van der Waals surface area contributed by atoms with Gasteiger partial charge in [-0.15, -0.1) is 8.58 Å². The molecule has 61 heavy (non-hydrogen) atoms. The van der Waals surface area contributed by atoms with Crippen LogP contribution in [0.5, 0.6) is 0 Å². The average Bonchev–Trinajstić information content (AvgIpc) is 3.10. The van der Waals surface area contributed by atoms with Gasteiger partial charge in [-0.05, 0) is 149 Å². The van der Waals surface area contributed by atoms with E-state index in [0.717, 1.165) is 42.0 Å². The minimum Gasteiger partial charge on any atom is -0.459 e. The fourth-order valence-electron chi connectivity index (χ4n) is 5.69. The Morgan fingerprint density at radius 2 is 1.05 bits per heavy atom. The highest BCUT2D eigenvalue weighted by atomic mass is 31.1. The number of carbonyl (C=O) groups is 3. The molecule has 0 saturated carbocycles. The van der Waals surface area contributed by atoms with Gasteiger partial charge in [-0.25, -0.2) is 18.4 Å². The zero-order valence-electron chi connectivity index (χ0n) is 38.2. The van der Waals surface area contributed by atoms with Crippen LogP contribution in [0.2, 0.25) is 0 Å². The molecule has 0 aliphatic carbocycles. The zero-order chi connectivity index (χ0) is 47.1. The molecule has 0 fully saturated rings. The summed E-state index contributed by atoms with van der Waals surface area (Å²) in [5, 5.41) is 42.1. The molecule has 10 nitrogen and oxygen atoms in total. The van der Waals surface area contributed by atoms with E-state index in [1.165, 1.54) is 39.8 Å². The van der Waals surface area contributed by atoms with Crippen LogP contribution >= 0.6 is 8.58 Å². The minimum atomic E-state index is -1.50. The summed E-state index contributed by atoms with van der Waals surface area (Å²) in [6.07, 6.45) is 11.7. The first kappa shape index (κ1) is 57.1. The van der Waals surface area contributed by atoms with Crippen LogP contribution in [-0.4, -0.2) is 86.5 Å². The van der Waals surface area contributed by atoms with Gasteiger partial charge in [0.05, 0.1) is 11.1 Å². The lowest BCUT2D eigenvalue weighted by atomic mass is 9.98. The average molecular weight is 877 g/mol. The third-order valence-electron chi connectivity index (χ3n) is 8.12. The molecule has 13 heteroatoms. The molecule has 1 unspecified atom stereocenters. The van der Waals surface area contributed by atoms with Crippen LogP contribution < -0.4 is 0 Å². The van der Waals surface area contributed by atoms with E-state index >= 15 is 0 Å². The number of rotatable bonds is 0. The molecule has 0 bridgehead atoms. The number of benzene rings is 2. The first-order valence-corrected chi connectivity index (χ1v) is 22.6. The number of Topliss-reactive ketones (excluding diaryl/α,β-unsaturated/α-hetero) is 1. The van der Waals surface area contributed by atoms with Crippen LogP contribution in [0, 0.1) is 27.7 Å². The lowest BCUT2D eigenvalue weighted by Gasteiger charge is -2.16. The van der Waals surface area contributed by atoms with Crippen molar-refractivity contribution >= 4 is 38.5 Å². The number of halogens is 2. The molecule has 2 aliphatic heterocycles. The number of carbonyl (C=O) groups excluding carboxylic acids is 3. The number of hydrogen-bond donors (Lipinski definition) is 5. The van der Waals surface area contributed by atoms with Gasteiger partial charge < -0.3 is 35.0 Å². The first-order valence-electron chi connectivity index (χ1n) is 20.6. The minimum absolute atomic E-state index is 0.180. The molecule has 5 N–H and O–H groups in total. The summed E-state index contributed by atoms with van der Waals surface area (Å²) in [5.41, 5.74) is 6.63. The first-order chi connectivity index (χ1) is 28.2. The smallest absolute Gasteiger partial charge is 0.339 e. The van der Waals surface area contributed by atoms with Crippen molar-refractivity contribution in [2.45, 2.75) is 150 Å². The molecule has 0 saturated heterocycles. The lowest BCUT2D eigenvalue weighted by Crippen LogP contribution is -2.17. The largest absolute Gasteiger partial charge is 0.459 e. The van der Waals surface area contributed by atoms with Crippen molar-refractivity contribution < 1.29 is 58.2 Å². The van der Waals surface area contributed by atoms with Crippen LogP contribution in [0.4, 0.5) is 8.78 Å². The number of hydrogen-bond acceptors (Lipinski definition) is 10. The van der Waals surface area contributed by atoms with Gasteiger partial charge in [0.2, 0.25) is 0 Å². The van der Waals surface area contributed by atoms with E-state index in [4.69, 9.17) is 29.9 Å². The number of allylic oxidation sites excluding steroid dienone is 3. The molecular formula is C48H71F2O10P. The summed E-state index contributed by atoms with van der Waals surface area (Å²) in [5.74, 6) is -5.61. The molecular weight excluding hydrogens is 805 g/mol. The predicted molar refractivity (Wildman–Crippen MR) is 243 cm³/mol. The molecule has 0 aromatic heterocycles. The molecule has 2 aliphatic rings. The molecule has 342 valence electrons. The Balaban J connectivity index is 0.000000917. The van der Waals surface area contributed by atoms with E-state index in [9.17, 15) is 28.3 Å². The van der Waals surface area contributed by atoms with Gasteiger partial charge >= 0.3 is 11.9 Å². The highest BCUT2D eigenvalue weighted by Gasteiger charge is 2.20. The second-order valence-corrected chi connectivity index (χ2v) is 17.2. The number of aliphatic hydroxyl groups is 5. The van der Waals surface area contributed by atoms with E-state index in [2.05, 4.69) is 13.3 Å². The summed E-state index contributed by atoms with van der Waals surface area (Å²) in [6, 6.07) is 7.81. The Labute approximate surface area is 364 Å². The van der Waals surface area contributed by atoms with Gasteiger partial charge in [0.15, 0.2) is 23.2 Å². The van der Waals surface area contributed by atoms with Crippen LogP contribution in [0.3, 0.4) is 0 Å². The molecule has 2 heterocycles. The molecule has 0 amide bonds. The van der Waals surface area contributed by atoms with E-state index in [1.54, 1.807) is 13.8 Å². The van der Waals surface area contributed by atoms with Crippen molar-refractivity contribution in [2.24, 2.45) is 0 Å². The summed E-state index contributed by atoms with van der Waals surface area (Å²) in [6.45, 7) is 20.7. The van der Waals surface area contributed by atoms with Crippen molar-refractivity contribution in [3.05, 3.63) is 105 Å². The number of esters is 2. The third-order valence-corrected chi connectivity index (χ3v) is 8.12. The number of ether oxygens (including phenoxy) is 2. The quantitative estimate of drug-likeness (QED) is 0.0975. The van der Waals surface area contributed by atoms with Crippen molar-refractivity contribution in [3.63, 3.8) is 0 Å². The molecule has 0 spiro atoms. The number of ketones is 1. The maximum Gasteiger partial charge on any atom is 0.339 e. The lowest BCUT2D eigenvalue weighted by molar-refractivity contribution is -0.128. The maximum absolute atomic E-state index is 13.8. The van der Waals surface area contributed by atoms with Gasteiger partial charge in [-0.3, -0.25) is 4.79 Å². The maximum atomic E-state index is 13.8. The van der Waals surface area contributed by atoms with Crippen LogP contribution in [0.15, 0.2) is 60.2 Å². The SMILES string of the molecule is CC(C)(O)O.CC(C)(O)O.CPC.Cc1cc(C)c2c(c1)/C=C/CCCC(=O)/C(F)=C\C[C@H](C)OC2=O.Cc1cc(C)c2c(c1)/C=C/CCCC(O)/C(F)=C\C[C@H](C)OC2=O. The molecule has 4 rings (SSSR count). The predicted octanol–water partition coefficient (Wildman–Crippen LogP) is 9.85. The molecule has 0 radical (unpaired) electrons. The molecule has 2 aromatic carbocycles. The normalized spacial score (nSPS) is 22.0. The number of cyclic esters (lactones) is 2. The summed E-state index contributed by atoms with van der Waals surface area (Å²) in [7, 11) is 1.08. The van der Waals surface area contributed by atoms with Crippen LogP contribution in [-0.2, 0) is 14.3 Å². The molecule has 2 aromatic rings. The van der Waals surface area contributed by atoms with Crippen LogP contribution in [0.25, 0.3) is 12.2 Å². The van der Waals surface area contributed by atoms with Crippen molar-refractivity contribution in [2.75, 3.05) is 13.3 Å². The van der Waals surface area contributed by atoms with E-state index in [1.807, 2.05) is 76.3 Å². The number of aliphatic hydroxyl groups excluding tert-OH is 1. The van der Waals surface area contributed by atoms with E-state index in [-0.39, 0.29) is 19.3 Å². The number of aryl methyl sites for hydroxylation is 4. The standard InChI is InChI=1S/C20H25FO3.C20H23FO3.2C3H8O2.C2H7P/c2*1-13-11-14(2)19-16(12-13)7-5-4-6-8-18(22)17(21)10-9-15(3)24-20(19)23;2*1-3(2,4)5;1-3-2/h5,7,10-12,15,18,22H,4,6,8-9H2,1-3H3;5,7,10-12,15H,4,6,8-9H2,1-3H3;2*4-5H,1-2H3;3H,1-2H3/b2*7-5+,17-10+;;;/t15-,18?;15-;;;/m00.../s1. The summed E-state index contributed by atoms with van der Waals surface area (Å²) >= 11 is 0. The van der Waals surface area contributed by atoms with Gasteiger partial charge in [0.25, 0.3) is 0 Å². The Bertz CT molecular complexity index is 1800. The van der Waals surface area contributed by atoms with Crippen molar-refractivity contribution in [1.29, 1.82) is 0 Å². The Kier molecular flexibility index (Phi) is 26.8. The Morgan fingerprint density at radius 1 is 0.672 bits per heavy atom. The fraction of sp³-hybridized carbons (Fsp3) is 0.521. The fourth-order valence-corrected chi connectivity index (χ4v) is 5.69. The Morgan fingerprint density at radius 3 is 1.46 bits per heavy atom. The van der Waals surface area contributed by atoms with Gasteiger partial charge in [-0.1, -0.05) is 59.7 Å². The van der Waals surface area contributed by atoms with Gasteiger partial charge in [0.1, 0.15) is 24.1 Å². The van der Waals surface area contributed by atoms with E-state index in [0.29, 0.717) is 43.2 Å². The van der Waals surface area contributed by atoms with Crippen molar-refractivity contribution in [1.82, 2.24) is 0 Å². The molecule has 3 atom stereocenters.